The van der Waals surface area contributed by atoms with E-state index in [1.807, 2.05) is 0 Å². The van der Waals surface area contributed by atoms with Gasteiger partial charge in [-0.2, -0.15) is 0 Å². The predicted octanol–water partition coefficient (Wildman–Crippen LogP) is 7.10. The maximum atomic E-state index is 6.86. The van der Waals surface area contributed by atoms with Crippen LogP contribution in [0.4, 0.5) is 0 Å². The highest BCUT2D eigenvalue weighted by molar-refractivity contribution is 8.30. The summed E-state index contributed by atoms with van der Waals surface area (Å²) < 4.78 is 2.18. The van der Waals surface area contributed by atoms with Crippen molar-refractivity contribution in [3.8, 4) is 0 Å². The highest BCUT2D eigenvalue weighted by Gasteiger charge is 2.78. The molecule has 16 heteroatoms. The molecule has 0 aromatic carbocycles. The minimum absolute atomic E-state index is 1.96. The number of hydrogen-bond acceptors (Lipinski definition) is 1. The summed E-state index contributed by atoms with van der Waals surface area (Å²) in [6.07, 6.45) is -3.43. The summed E-state index contributed by atoms with van der Waals surface area (Å²) in [5, 5.41) is 0. The molecule has 0 radical (unpaired) electrons. The molecule has 0 aliphatic carbocycles. The Bertz CT molecular complexity index is 396. The standard InChI is InChI=1S/C6H18Cl9NSi6/c1-17(2,3)16(18(4,5)6)20(10,11)22(14,15)21(12,13)19(7,8)9/h1-6H3. The zero-order chi connectivity index (χ0) is 18.6. The Labute approximate surface area is 180 Å². The van der Waals surface area contributed by atoms with Crippen molar-refractivity contribution in [3.05, 3.63) is 0 Å². The van der Waals surface area contributed by atoms with Gasteiger partial charge < -0.3 is 3.90 Å². The van der Waals surface area contributed by atoms with Crippen molar-refractivity contribution in [1.82, 2.24) is 3.90 Å². The molecule has 0 saturated heterocycles. The molecule has 0 spiro atoms. The van der Waals surface area contributed by atoms with Crippen LogP contribution in [0.3, 0.4) is 0 Å². The van der Waals surface area contributed by atoms with Gasteiger partial charge in [-0.1, -0.05) is 39.3 Å². The summed E-state index contributed by atoms with van der Waals surface area (Å²) >= 11 is 58.3. The maximum Gasteiger partial charge on any atom is 0.358 e. The molecule has 0 aromatic heterocycles. The van der Waals surface area contributed by atoms with Crippen LogP contribution in [0.5, 0.6) is 0 Å². The second kappa shape index (κ2) is 7.71. The molecule has 1 nitrogen and oxygen atoms in total. The fourth-order valence-electron chi connectivity index (χ4n) is 2.36. The van der Waals surface area contributed by atoms with Crippen molar-refractivity contribution in [1.29, 1.82) is 0 Å². The molecule has 0 rings (SSSR count). The number of nitrogens with zero attached hydrogens (tertiary/aromatic N) is 1. The van der Waals surface area contributed by atoms with Crippen molar-refractivity contribution in [2.75, 3.05) is 0 Å². The van der Waals surface area contributed by atoms with E-state index < -0.39 is 39.8 Å². The zero-order valence-electron chi connectivity index (χ0n) is 12.8. The van der Waals surface area contributed by atoms with Crippen LogP contribution >= 0.6 is 99.7 Å². The molecule has 0 aliphatic heterocycles. The Morgan fingerprint density at radius 2 is 0.773 bits per heavy atom. The molecular weight excluding hydrogens is 574 g/mol. The van der Waals surface area contributed by atoms with Crippen molar-refractivity contribution >= 4 is 140 Å². The highest BCUT2D eigenvalue weighted by Crippen LogP contribution is 2.54. The Hall–Kier alpha value is 3.87. The van der Waals surface area contributed by atoms with Crippen molar-refractivity contribution in [3.63, 3.8) is 0 Å². The molecule has 0 amide bonds. The van der Waals surface area contributed by atoms with E-state index in [0.717, 1.165) is 0 Å². The second-order valence-electron chi connectivity index (χ2n) is 6.86. The molecule has 22 heavy (non-hydrogen) atoms. The van der Waals surface area contributed by atoms with E-state index in [0.29, 0.717) is 0 Å². The lowest BCUT2D eigenvalue weighted by Gasteiger charge is -2.53. The lowest BCUT2D eigenvalue weighted by molar-refractivity contribution is 0.952. The van der Waals surface area contributed by atoms with Gasteiger partial charge in [0.1, 0.15) is 16.5 Å². The Kier molecular flexibility index (Phi) is 9.07. The van der Waals surface area contributed by atoms with Crippen molar-refractivity contribution < 1.29 is 0 Å². The van der Waals surface area contributed by atoms with E-state index in [1.165, 1.54) is 0 Å². The monoisotopic (exact) mass is 587 g/mol. The summed E-state index contributed by atoms with van der Waals surface area (Å²) in [7, 11) is -3.91. The number of halogens is 9. The molecule has 0 aromatic rings. The number of rotatable bonds is 6. The lowest BCUT2D eigenvalue weighted by atomic mass is 11.8. The quantitative estimate of drug-likeness (QED) is 0.235. The third kappa shape index (κ3) is 5.23. The lowest BCUT2D eigenvalue weighted by Crippen LogP contribution is -2.81. The fourth-order valence-corrected chi connectivity index (χ4v) is 121. The maximum absolute atomic E-state index is 6.86. The SMILES string of the molecule is C[Si](C)(C)N([Si](C)(C)C)[Si](Cl)(Cl)[Si](Cl)(Cl)[Si](Cl)(Cl)[Si](Cl)(Cl)Cl. The fraction of sp³-hybridized carbons (Fsp3) is 1.00. The average molecular weight is 592 g/mol. The first kappa shape index (κ1) is 25.9. The van der Waals surface area contributed by atoms with Gasteiger partial charge in [-0.15, -0.1) is 99.7 Å². The topological polar surface area (TPSA) is 3.24 Å². The highest BCUT2D eigenvalue weighted by atomic mass is 35.9. The normalized spacial score (nSPS) is 16.4. The van der Waals surface area contributed by atoms with Crippen LogP contribution in [-0.4, -0.2) is 43.7 Å². The van der Waals surface area contributed by atoms with Crippen molar-refractivity contribution in [2.45, 2.75) is 39.3 Å². The third-order valence-corrected chi connectivity index (χ3v) is 103. The van der Waals surface area contributed by atoms with Gasteiger partial charge in [-0.3, -0.25) is 0 Å². The van der Waals surface area contributed by atoms with Crippen LogP contribution in [0.1, 0.15) is 0 Å². The van der Waals surface area contributed by atoms with Crippen LogP contribution in [0, 0.1) is 0 Å². The third-order valence-electron chi connectivity index (χ3n) is 2.75. The number of hydrogen-bond donors (Lipinski definition) is 0. The van der Waals surface area contributed by atoms with Gasteiger partial charge in [-0.25, -0.2) is 0 Å². The summed E-state index contributed by atoms with van der Waals surface area (Å²) in [5.41, 5.74) is -10.8. The molecule has 0 N–H and O–H groups in total. The van der Waals surface area contributed by atoms with Gasteiger partial charge in [0, 0.05) is 0 Å². The van der Waals surface area contributed by atoms with Crippen LogP contribution in [-0.2, 0) is 0 Å². The smallest absolute Gasteiger partial charge is 0.345 e. The van der Waals surface area contributed by atoms with Gasteiger partial charge in [0.25, 0.3) is 0 Å². The molecule has 0 heterocycles. The van der Waals surface area contributed by atoms with E-state index >= 15 is 0 Å². The molecular formula is C6H18Cl9NSi6. The zero-order valence-corrected chi connectivity index (χ0v) is 25.7. The Morgan fingerprint density at radius 1 is 0.500 bits per heavy atom. The van der Waals surface area contributed by atoms with Gasteiger partial charge in [0.2, 0.25) is 0 Å². The van der Waals surface area contributed by atoms with Crippen LogP contribution in [0.15, 0.2) is 0 Å². The molecule has 134 valence electrons. The van der Waals surface area contributed by atoms with E-state index in [1.54, 1.807) is 0 Å². The minimum atomic E-state index is -3.64. The first-order chi connectivity index (χ1) is 9.12. The van der Waals surface area contributed by atoms with E-state index in [-0.39, 0.29) is 0 Å². The molecule has 0 atom stereocenters. The molecule has 0 saturated carbocycles. The Morgan fingerprint density at radius 3 is 0.955 bits per heavy atom. The van der Waals surface area contributed by atoms with Gasteiger partial charge in [0.15, 0.2) is 0 Å². The molecule has 0 bridgehead atoms. The minimum Gasteiger partial charge on any atom is -0.345 e. The average Bonchev–Trinajstić information content (AvgIpc) is 2.08. The summed E-state index contributed by atoms with van der Waals surface area (Å²) in [4.78, 5) is 0. The van der Waals surface area contributed by atoms with Gasteiger partial charge >= 0.3 is 23.4 Å². The summed E-state index contributed by atoms with van der Waals surface area (Å²) in [5.74, 6) is 0. The largest absolute Gasteiger partial charge is 0.358 e. The summed E-state index contributed by atoms with van der Waals surface area (Å²) in [6.45, 7) is 12.8. The van der Waals surface area contributed by atoms with E-state index in [4.69, 9.17) is 99.7 Å². The predicted molar refractivity (Wildman–Crippen MR) is 124 cm³/mol. The first-order valence-electron chi connectivity index (χ1n) is 6.12. The van der Waals surface area contributed by atoms with E-state index in [9.17, 15) is 0 Å². The van der Waals surface area contributed by atoms with Crippen molar-refractivity contribution in [2.24, 2.45) is 0 Å². The molecule has 0 fully saturated rings. The summed E-state index contributed by atoms with van der Waals surface area (Å²) in [6, 6.07) is 0. The van der Waals surface area contributed by atoms with Crippen LogP contribution < -0.4 is 0 Å². The molecule has 0 aliphatic rings. The van der Waals surface area contributed by atoms with Crippen LogP contribution in [0.2, 0.25) is 39.3 Å². The van der Waals surface area contributed by atoms with E-state index in [2.05, 4.69) is 43.2 Å². The Balaban J connectivity index is 6.30. The van der Waals surface area contributed by atoms with Crippen LogP contribution in [0.25, 0.3) is 0 Å². The van der Waals surface area contributed by atoms with Gasteiger partial charge in [-0.05, 0) is 0 Å². The van der Waals surface area contributed by atoms with Gasteiger partial charge in [0.05, 0.1) is 0 Å². The second-order valence-corrected chi connectivity index (χ2v) is 70.1. The molecule has 0 unspecified atom stereocenters. The first-order valence-corrected chi connectivity index (χ1v) is 33.1.